The molecule has 0 spiro atoms. The predicted molar refractivity (Wildman–Crippen MR) is 125 cm³/mol. The van der Waals surface area contributed by atoms with Gasteiger partial charge in [-0.25, -0.2) is 31.1 Å². The van der Waals surface area contributed by atoms with E-state index >= 15 is 4.39 Å². The van der Waals surface area contributed by atoms with E-state index in [0.717, 1.165) is 6.20 Å². The van der Waals surface area contributed by atoms with Crippen LogP contribution < -0.4 is 10.1 Å². The van der Waals surface area contributed by atoms with Gasteiger partial charge in [-0.05, 0) is 17.7 Å². The van der Waals surface area contributed by atoms with E-state index in [1.165, 1.54) is 16.3 Å². The van der Waals surface area contributed by atoms with E-state index < -0.39 is 37.2 Å². The van der Waals surface area contributed by atoms with E-state index in [9.17, 15) is 17.6 Å². The van der Waals surface area contributed by atoms with Crippen molar-refractivity contribution < 1.29 is 31.4 Å². The Balaban J connectivity index is 1.34. The number of anilines is 1. The number of rotatable bonds is 8. The van der Waals surface area contributed by atoms with Crippen LogP contribution in [0.1, 0.15) is 6.42 Å². The fourth-order valence-corrected chi connectivity index (χ4v) is 4.84. The molecule has 1 atom stereocenters. The molecule has 2 saturated heterocycles. The predicted octanol–water partition coefficient (Wildman–Crippen LogP) is 3.07. The highest BCUT2D eigenvalue weighted by Crippen LogP contribution is 2.36. The highest BCUT2D eigenvalue weighted by Gasteiger charge is 2.51. The van der Waals surface area contributed by atoms with Gasteiger partial charge in [0, 0.05) is 19.5 Å². The molecule has 0 aliphatic carbocycles. The van der Waals surface area contributed by atoms with E-state index in [1.54, 1.807) is 23.1 Å². The Morgan fingerprint density at radius 3 is 2.79 bits per heavy atom. The zero-order valence-corrected chi connectivity index (χ0v) is 20.1. The van der Waals surface area contributed by atoms with Gasteiger partial charge in [0.1, 0.15) is 17.1 Å². The van der Waals surface area contributed by atoms with Crippen molar-refractivity contribution in [1.29, 1.82) is 0 Å². The third-order valence-corrected chi connectivity index (χ3v) is 6.89. The zero-order chi connectivity index (χ0) is 26.6. The normalized spacial score (nSPS) is 20.0. The topological polar surface area (TPSA) is 94.6 Å². The summed E-state index contributed by atoms with van der Waals surface area (Å²) in [5.41, 5.74) is 1.57. The van der Waals surface area contributed by atoms with Crippen LogP contribution in [0.2, 0.25) is 0 Å². The first kappa shape index (κ1) is 24.7. The summed E-state index contributed by atoms with van der Waals surface area (Å²) < 4.78 is 83.2. The molecule has 1 N–H and O–H groups in total. The maximum Gasteiger partial charge on any atom is 0.281 e. The largest absolute Gasteiger partial charge is 0.479 e. The standard InChI is InChI=1S/C23H23F5N8O2/c1-37-21-20-19(12-2-3-15-16(6-12)35(33-31-15)5-4-18(25)26)14(24)7-36(20)32-22(30-21)29-17-8-34(11-23(17,27)28)13-9-38-10-13/h2-3,6-7,13,17-18H,4-5,8-11H2,1H3,(H,29,32)/t17-/m1/s1. The number of likely N-dealkylation sites (tertiary alicyclic amines) is 1. The summed E-state index contributed by atoms with van der Waals surface area (Å²) in [6.07, 6.45) is -1.81. The lowest BCUT2D eigenvalue weighted by molar-refractivity contribution is -0.0711. The molecule has 0 saturated carbocycles. The number of nitrogens with one attached hydrogen (secondary N) is 1. The SMILES string of the molecule is COc1nc(N[C@@H]2CN(C3COC3)CC2(F)F)nn2cc(F)c(-c3ccc4nnn(CCC(F)F)c4c3)c12. The number of halogens is 5. The van der Waals surface area contributed by atoms with Crippen molar-refractivity contribution in [1.82, 2.24) is 34.5 Å². The van der Waals surface area contributed by atoms with Crippen molar-refractivity contribution in [3.05, 3.63) is 30.2 Å². The van der Waals surface area contributed by atoms with Crippen LogP contribution in [-0.2, 0) is 11.3 Å². The van der Waals surface area contributed by atoms with Crippen molar-refractivity contribution in [2.75, 3.05) is 38.7 Å². The van der Waals surface area contributed by atoms with Crippen molar-refractivity contribution in [3.8, 4) is 17.0 Å². The van der Waals surface area contributed by atoms with Crippen LogP contribution in [-0.4, -0.2) is 92.3 Å². The first-order valence-corrected chi connectivity index (χ1v) is 11.9. The molecule has 0 radical (unpaired) electrons. The Labute approximate surface area is 212 Å². The van der Waals surface area contributed by atoms with Gasteiger partial charge in [-0.3, -0.25) is 4.90 Å². The van der Waals surface area contributed by atoms with Gasteiger partial charge >= 0.3 is 0 Å². The molecule has 202 valence electrons. The Hall–Kier alpha value is -3.59. The van der Waals surface area contributed by atoms with Crippen LogP contribution in [0.4, 0.5) is 27.9 Å². The van der Waals surface area contributed by atoms with Crippen LogP contribution in [0, 0.1) is 5.82 Å². The number of aromatic nitrogens is 6. The van der Waals surface area contributed by atoms with Crippen molar-refractivity contribution >= 4 is 22.5 Å². The molecule has 2 aliphatic rings. The van der Waals surface area contributed by atoms with Gasteiger partial charge < -0.3 is 14.8 Å². The van der Waals surface area contributed by atoms with Crippen LogP contribution in [0.15, 0.2) is 24.4 Å². The third-order valence-electron chi connectivity index (χ3n) is 6.89. The number of nitrogens with zero attached hydrogens (tertiary/aromatic N) is 7. The number of benzene rings is 1. The molecule has 6 rings (SSSR count). The second-order valence-corrected chi connectivity index (χ2v) is 9.36. The summed E-state index contributed by atoms with van der Waals surface area (Å²) in [6.45, 7) is 0.433. The molecule has 3 aromatic heterocycles. The number of aryl methyl sites for hydroxylation is 1. The van der Waals surface area contributed by atoms with Gasteiger partial charge in [0.25, 0.3) is 5.92 Å². The van der Waals surface area contributed by atoms with Gasteiger partial charge in [0.2, 0.25) is 18.3 Å². The molecule has 2 aliphatic heterocycles. The minimum Gasteiger partial charge on any atom is -0.479 e. The first-order valence-electron chi connectivity index (χ1n) is 11.9. The Morgan fingerprint density at radius 2 is 2.08 bits per heavy atom. The van der Waals surface area contributed by atoms with E-state index in [-0.39, 0.29) is 42.0 Å². The van der Waals surface area contributed by atoms with Crippen LogP contribution in [0.3, 0.4) is 0 Å². The number of alkyl halides is 4. The Bertz CT molecular complexity index is 1490. The fourth-order valence-electron chi connectivity index (χ4n) is 4.84. The second kappa shape index (κ2) is 9.31. The average Bonchev–Trinajstić information content (AvgIpc) is 3.47. The lowest BCUT2D eigenvalue weighted by Crippen LogP contribution is -2.48. The fraction of sp³-hybridized carbons (Fsp3) is 0.478. The van der Waals surface area contributed by atoms with Gasteiger partial charge in [-0.1, -0.05) is 11.3 Å². The molecular weight excluding hydrogens is 515 g/mol. The molecule has 15 heteroatoms. The number of fused-ring (bicyclic) bond motifs is 2. The Morgan fingerprint density at radius 1 is 1.26 bits per heavy atom. The quantitative estimate of drug-likeness (QED) is 0.342. The number of ether oxygens (including phenoxy) is 2. The first-order chi connectivity index (χ1) is 18.2. The maximum atomic E-state index is 15.3. The lowest BCUT2D eigenvalue weighted by Gasteiger charge is -2.34. The molecule has 2 fully saturated rings. The number of hydrogen-bond donors (Lipinski definition) is 1. The summed E-state index contributed by atoms with van der Waals surface area (Å²) >= 11 is 0. The summed E-state index contributed by atoms with van der Waals surface area (Å²) in [5.74, 6) is -3.87. The molecular formula is C23H23F5N8O2. The van der Waals surface area contributed by atoms with Crippen LogP contribution in [0.25, 0.3) is 27.7 Å². The van der Waals surface area contributed by atoms with Gasteiger partial charge in [0.15, 0.2) is 5.82 Å². The second-order valence-electron chi connectivity index (χ2n) is 9.36. The summed E-state index contributed by atoms with van der Waals surface area (Å²) in [4.78, 5) is 5.92. The molecule has 0 bridgehead atoms. The number of methoxy groups -OCH3 is 1. The molecule has 5 heterocycles. The highest BCUT2D eigenvalue weighted by atomic mass is 19.3. The summed E-state index contributed by atoms with van der Waals surface area (Å²) in [5, 5.41) is 14.8. The third kappa shape index (κ3) is 4.28. The van der Waals surface area contributed by atoms with Gasteiger partial charge in [0.05, 0.1) is 50.2 Å². The van der Waals surface area contributed by atoms with E-state index in [4.69, 9.17) is 9.47 Å². The van der Waals surface area contributed by atoms with E-state index in [2.05, 4.69) is 25.7 Å². The minimum absolute atomic E-state index is 0.0311. The smallest absolute Gasteiger partial charge is 0.281 e. The minimum atomic E-state index is -3.04. The average molecular weight is 538 g/mol. The van der Waals surface area contributed by atoms with Gasteiger partial charge in [-0.15, -0.1) is 10.2 Å². The van der Waals surface area contributed by atoms with E-state index in [0.29, 0.717) is 29.8 Å². The van der Waals surface area contributed by atoms with Crippen molar-refractivity contribution in [3.63, 3.8) is 0 Å². The van der Waals surface area contributed by atoms with Crippen LogP contribution >= 0.6 is 0 Å². The van der Waals surface area contributed by atoms with Crippen molar-refractivity contribution in [2.24, 2.45) is 0 Å². The van der Waals surface area contributed by atoms with Crippen LogP contribution in [0.5, 0.6) is 5.88 Å². The molecule has 1 aromatic carbocycles. The zero-order valence-electron chi connectivity index (χ0n) is 20.1. The maximum absolute atomic E-state index is 15.3. The Kier molecular flexibility index (Phi) is 6.06. The lowest BCUT2D eigenvalue weighted by atomic mass is 10.1. The molecule has 4 aromatic rings. The molecule has 0 amide bonds. The summed E-state index contributed by atoms with van der Waals surface area (Å²) in [7, 11) is 1.33. The number of hydrogen-bond acceptors (Lipinski definition) is 8. The summed E-state index contributed by atoms with van der Waals surface area (Å²) in [6, 6.07) is 3.49. The monoisotopic (exact) mass is 538 g/mol. The van der Waals surface area contributed by atoms with Crippen molar-refractivity contribution in [2.45, 2.75) is 37.4 Å². The molecule has 38 heavy (non-hydrogen) atoms. The molecule has 0 unspecified atom stereocenters. The highest BCUT2D eigenvalue weighted by molar-refractivity contribution is 5.89. The van der Waals surface area contributed by atoms with E-state index in [1.807, 2.05) is 0 Å². The molecule has 10 nitrogen and oxygen atoms in total. The van der Waals surface area contributed by atoms with Gasteiger partial charge in [-0.2, -0.15) is 4.98 Å².